The second-order valence-corrected chi connectivity index (χ2v) is 4.14. The van der Waals surface area contributed by atoms with Gasteiger partial charge in [-0.25, -0.2) is 0 Å². The standard InChI is InChI=1S/C11H22N2/c1-6-7-13(10-11(2)3)9-8-12(4)5/h1,11H,7-10H2,2-5H3. The van der Waals surface area contributed by atoms with Crippen molar-refractivity contribution in [3.63, 3.8) is 0 Å². The van der Waals surface area contributed by atoms with Crippen LogP contribution in [-0.2, 0) is 0 Å². The molecule has 0 spiro atoms. The van der Waals surface area contributed by atoms with Crippen LogP contribution in [-0.4, -0.2) is 50.1 Å². The Hall–Kier alpha value is -0.520. The van der Waals surface area contributed by atoms with E-state index in [2.05, 4.69) is 43.7 Å². The third kappa shape index (κ3) is 7.83. The van der Waals surface area contributed by atoms with Crippen LogP contribution in [0.5, 0.6) is 0 Å². The van der Waals surface area contributed by atoms with Gasteiger partial charge in [-0.1, -0.05) is 19.8 Å². The Morgan fingerprint density at radius 2 is 1.85 bits per heavy atom. The highest BCUT2D eigenvalue weighted by atomic mass is 15.2. The molecule has 0 aromatic rings. The average molecular weight is 182 g/mol. The van der Waals surface area contributed by atoms with Crippen molar-refractivity contribution >= 4 is 0 Å². The SMILES string of the molecule is C#CCN(CCN(C)C)CC(C)C. The van der Waals surface area contributed by atoms with Crippen molar-refractivity contribution in [2.45, 2.75) is 13.8 Å². The smallest absolute Gasteiger partial charge is 0.0599 e. The van der Waals surface area contributed by atoms with E-state index in [1.165, 1.54) is 0 Å². The number of terminal acetylenes is 1. The van der Waals surface area contributed by atoms with Crippen LogP contribution in [0.2, 0.25) is 0 Å². The molecule has 0 unspecified atom stereocenters. The minimum atomic E-state index is 0.690. The Balaban J connectivity index is 3.74. The Kier molecular flexibility index (Phi) is 6.66. The molecule has 0 aliphatic rings. The monoisotopic (exact) mass is 182 g/mol. The average Bonchev–Trinajstić information content (AvgIpc) is 1.99. The summed E-state index contributed by atoms with van der Waals surface area (Å²) in [5.41, 5.74) is 0. The van der Waals surface area contributed by atoms with Crippen molar-refractivity contribution in [2.24, 2.45) is 5.92 Å². The zero-order chi connectivity index (χ0) is 10.3. The molecule has 2 heteroatoms. The van der Waals surface area contributed by atoms with Gasteiger partial charge in [0.1, 0.15) is 0 Å². The molecule has 0 heterocycles. The van der Waals surface area contributed by atoms with Gasteiger partial charge in [0.2, 0.25) is 0 Å². The molecule has 0 N–H and O–H groups in total. The van der Waals surface area contributed by atoms with Gasteiger partial charge in [-0.05, 0) is 20.0 Å². The highest BCUT2D eigenvalue weighted by molar-refractivity contribution is 4.88. The van der Waals surface area contributed by atoms with Gasteiger partial charge in [0.25, 0.3) is 0 Å². The zero-order valence-corrected chi connectivity index (χ0v) is 9.38. The fourth-order valence-electron chi connectivity index (χ4n) is 1.22. The fraction of sp³-hybridized carbons (Fsp3) is 0.818. The van der Waals surface area contributed by atoms with Crippen LogP contribution in [0, 0.1) is 18.3 Å². The van der Waals surface area contributed by atoms with Gasteiger partial charge >= 0.3 is 0 Å². The highest BCUT2D eigenvalue weighted by Gasteiger charge is 2.05. The van der Waals surface area contributed by atoms with E-state index in [1.54, 1.807) is 0 Å². The number of likely N-dealkylation sites (N-methyl/N-ethyl adjacent to an activating group) is 1. The van der Waals surface area contributed by atoms with Crippen molar-refractivity contribution in [3.05, 3.63) is 0 Å². The Bertz CT molecular complexity index is 156. The molecule has 0 amide bonds. The molecule has 76 valence electrons. The first kappa shape index (κ1) is 12.5. The third-order valence-corrected chi connectivity index (χ3v) is 1.80. The van der Waals surface area contributed by atoms with Crippen LogP contribution < -0.4 is 0 Å². The number of nitrogens with zero attached hydrogens (tertiary/aromatic N) is 2. The first-order valence-electron chi connectivity index (χ1n) is 4.86. The maximum Gasteiger partial charge on any atom is 0.0599 e. The second kappa shape index (κ2) is 6.94. The summed E-state index contributed by atoms with van der Waals surface area (Å²) in [6, 6.07) is 0. The number of hydrogen-bond donors (Lipinski definition) is 0. The predicted octanol–water partition coefficient (Wildman–Crippen LogP) is 1.14. The lowest BCUT2D eigenvalue weighted by Gasteiger charge is -2.23. The molecule has 0 saturated heterocycles. The van der Waals surface area contributed by atoms with Crippen LogP contribution >= 0.6 is 0 Å². The lowest BCUT2D eigenvalue weighted by atomic mass is 10.2. The van der Waals surface area contributed by atoms with E-state index in [0.717, 1.165) is 26.2 Å². The molecule has 0 aromatic heterocycles. The molecule has 13 heavy (non-hydrogen) atoms. The van der Waals surface area contributed by atoms with Crippen molar-refractivity contribution in [1.82, 2.24) is 9.80 Å². The molecule has 0 saturated carbocycles. The van der Waals surface area contributed by atoms with Crippen LogP contribution in [0.3, 0.4) is 0 Å². The summed E-state index contributed by atoms with van der Waals surface area (Å²) < 4.78 is 0. The summed E-state index contributed by atoms with van der Waals surface area (Å²) >= 11 is 0. The van der Waals surface area contributed by atoms with Gasteiger partial charge < -0.3 is 4.90 Å². The Labute approximate surface area is 82.9 Å². The largest absolute Gasteiger partial charge is 0.308 e. The first-order chi connectivity index (χ1) is 6.06. The van der Waals surface area contributed by atoms with Gasteiger partial charge in [-0.15, -0.1) is 6.42 Å². The number of rotatable bonds is 6. The van der Waals surface area contributed by atoms with E-state index in [0.29, 0.717) is 5.92 Å². The lowest BCUT2D eigenvalue weighted by molar-refractivity contribution is 0.241. The minimum absolute atomic E-state index is 0.690. The molecular weight excluding hydrogens is 160 g/mol. The molecule has 2 nitrogen and oxygen atoms in total. The molecule has 0 bridgehead atoms. The molecule has 0 rings (SSSR count). The second-order valence-electron chi connectivity index (χ2n) is 4.14. The highest BCUT2D eigenvalue weighted by Crippen LogP contribution is 1.97. The molecule has 0 fully saturated rings. The van der Waals surface area contributed by atoms with E-state index in [-0.39, 0.29) is 0 Å². The molecule has 0 aromatic carbocycles. The molecule has 0 radical (unpaired) electrons. The summed E-state index contributed by atoms with van der Waals surface area (Å²) in [4.78, 5) is 4.51. The van der Waals surface area contributed by atoms with Crippen LogP contribution in [0.15, 0.2) is 0 Å². The first-order valence-corrected chi connectivity index (χ1v) is 4.86. The summed E-state index contributed by atoms with van der Waals surface area (Å²) in [6.45, 7) is 8.45. The van der Waals surface area contributed by atoms with E-state index < -0.39 is 0 Å². The summed E-state index contributed by atoms with van der Waals surface area (Å²) in [5, 5.41) is 0. The normalized spacial score (nSPS) is 11.2. The Morgan fingerprint density at radius 1 is 1.23 bits per heavy atom. The van der Waals surface area contributed by atoms with E-state index in [1.807, 2.05) is 0 Å². The molecule has 0 aliphatic heterocycles. The summed E-state index contributed by atoms with van der Waals surface area (Å²) in [5.74, 6) is 3.39. The van der Waals surface area contributed by atoms with Gasteiger partial charge in [0.05, 0.1) is 6.54 Å². The zero-order valence-electron chi connectivity index (χ0n) is 9.38. The molecule has 0 atom stereocenters. The Morgan fingerprint density at radius 3 is 2.23 bits per heavy atom. The van der Waals surface area contributed by atoms with Crippen molar-refractivity contribution in [2.75, 3.05) is 40.3 Å². The quantitative estimate of drug-likeness (QED) is 0.568. The predicted molar refractivity (Wildman–Crippen MR) is 58.7 cm³/mol. The van der Waals surface area contributed by atoms with Gasteiger partial charge in [-0.3, -0.25) is 4.90 Å². The summed E-state index contributed by atoms with van der Waals surface area (Å²) in [6.07, 6.45) is 5.31. The minimum Gasteiger partial charge on any atom is -0.308 e. The lowest BCUT2D eigenvalue weighted by Crippen LogP contribution is -2.34. The maximum absolute atomic E-state index is 5.31. The van der Waals surface area contributed by atoms with Crippen LogP contribution in [0.1, 0.15) is 13.8 Å². The van der Waals surface area contributed by atoms with Gasteiger partial charge in [-0.2, -0.15) is 0 Å². The van der Waals surface area contributed by atoms with Crippen molar-refractivity contribution in [1.29, 1.82) is 0 Å². The van der Waals surface area contributed by atoms with Crippen LogP contribution in [0.4, 0.5) is 0 Å². The van der Waals surface area contributed by atoms with Crippen molar-refractivity contribution in [3.8, 4) is 12.3 Å². The van der Waals surface area contributed by atoms with E-state index in [4.69, 9.17) is 6.42 Å². The fourth-order valence-corrected chi connectivity index (χ4v) is 1.22. The van der Waals surface area contributed by atoms with E-state index >= 15 is 0 Å². The van der Waals surface area contributed by atoms with E-state index in [9.17, 15) is 0 Å². The van der Waals surface area contributed by atoms with Gasteiger partial charge in [0.15, 0.2) is 0 Å². The third-order valence-electron chi connectivity index (χ3n) is 1.80. The topological polar surface area (TPSA) is 6.48 Å². The van der Waals surface area contributed by atoms with Gasteiger partial charge in [0, 0.05) is 19.6 Å². The maximum atomic E-state index is 5.31. The molecular formula is C11H22N2. The molecule has 0 aliphatic carbocycles. The number of hydrogen-bond acceptors (Lipinski definition) is 2. The summed E-state index contributed by atoms with van der Waals surface area (Å²) in [7, 11) is 4.17. The van der Waals surface area contributed by atoms with Crippen molar-refractivity contribution < 1.29 is 0 Å². The van der Waals surface area contributed by atoms with Crippen LogP contribution in [0.25, 0.3) is 0 Å².